The molecular formula is C26H27F3O3. The van der Waals surface area contributed by atoms with Crippen LogP contribution in [0.25, 0.3) is 0 Å². The molecule has 3 atom stereocenters. The van der Waals surface area contributed by atoms with Crippen LogP contribution in [0.1, 0.15) is 59.1 Å². The predicted octanol–water partition coefficient (Wildman–Crippen LogP) is 5.71. The van der Waals surface area contributed by atoms with E-state index in [0.29, 0.717) is 5.56 Å². The minimum atomic E-state index is -4.44. The molecule has 0 saturated heterocycles. The summed E-state index contributed by atoms with van der Waals surface area (Å²) in [6.45, 7) is 7.36. The molecule has 2 aromatic rings. The molecule has 0 amide bonds. The average molecular weight is 444 g/mol. The fraction of sp³-hybridized carbons (Fsp3) is 0.423. The summed E-state index contributed by atoms with van der Waals surface area (Å²) in [4.78, 5) is 38.7. The van der Waals surface area contributed by atoms with Gasteiger partial charge in [-0.2, -0.15) is 13.2 Å². The SMILES string of the molecule is Cc1cc(C)c(C2C(=O)CC(C(C)C(=O)CCc3cccc(C(F)(F)F)c3)C2=O)c(C)c1. The van der Waals surface area contributed by atoms with Crippen molar-refractivity contribution in [1.29, 1.82) is 0 Å². The molecule has 0 spiro atoms. The quantitative estimate of drug-likeness (QED) is 0.536. The van der Waals surface area contributed by atoms with Crippen molar-refractivity contribution in [2.24, 2.45) is 11.8 Å². The Balaban J connectivity index is 1.72. The van der Waals surface area contributed by atoms with Gasteiger partial charge in [-0.05, 0) is 55.5 Å². The number of alkyl halides is 3. The van der Waals surface area contributed by atoms with Crippen LogP contribution >= 0.6 is 0 Å². The molecule has 0 aromatic heterocycles. The van der Waals surface area contributed by atoms with Crippen LogP contribution in [0.15, 0.2) is 36.4 Å². The van der Waals surface area contributed by atoms with Crippen LogP contribution < -0.4 is 0 Å². The highest BCUT2D eigenvalue weighted by Gasteiger charge is 2.46. The Morgan fingerprint density at radius 2 is 1.69 bits per heavy atom. The molecule has 32 heavy (non-hydrogen) atoms. The normalized spacial score (nSPS) is 20.0. The van der Waals surface area contributed by atoms with E-state index in [1.807, 2.05) is 32.9 Å². The highest BCUT2D eigenvalue weighted by molar-refractivity contribution is 6.16. The average Bonchev–Trinajstić information content (AvgIpc) is 2.99. The molecular weight excluding hydrogens is 417 g/mol. The standard InChI is InChI=1S/C26H27F3O3/c1-14-10-15(2)23(16(3)11-14)24-22(31)13-20(25(24)32)17(4)21(30)9-8-18-6-5-7-19(12-18)26(27,28)29/h5-7,10-12,17,20,24H,8-9,13H2,1-4H3. The fourth-order valence-corrected chi connectivity index (χ4v) is 4.80. The summed E-state index contributed by atoms with van der Waals surface area (Å²) in [5.41, 5.74) is 3.22. The summed E-state index contributed by atoms with van der Waals surface area (Å²) in [6.07, 6.45) is -4.24. The monoisotopic (exact) mass is 444 g/mol. The van der Waals surface area contributed by atoms with E-state index in [9.17, 15) is 27.6 Å². The van der Waals surface area contributed by atoms with E-state index >= 15 is 0 Å². The van der Waals surface area contributed by atoms with E-state index < -0.39 is 29.5 Å². The lowest BCUT2D eigenvalue weighted by molar-refractivity contribution is -0.137. The van der Waals surface area contributed by atoms with Gasteiger partial charge in [0.2, 0.25) is 0 Å². The number of carbonyl (C=O) groups is 3. The Bertz CT molecular complexity index is 1050. The molecule has 0 bridgehead atoms. The van der Waals surface area contributed by atoms with Crippen molar-refractivity contribution in [1.82, 2.24) is 0 Å². The van der Waals surface area contributed by atoms with Crippen LogP contribution in [0, 0.1) is 32.6 Å². The molecule has 3 unspecified atom stereocenters. The predicted molar refractivity (Wildman–Crippen MR) is 115 cm³/mol. The van der Waals surface area contributed by atoms with Crippen molar-refractivity contribution in [3.63, 3.8) is 0 Å². The highest BCUT2D eigenvalue weighted by Crippen LogP contribution is 2.39. The molecule has 1 saturated carbocycles. The molecule has 3 nitrogen and oxygen atoms in total. The lowest BCUT2D eigenvalue weighted by atomic mass is 9.82. The zero-order valence-corrected chi connectivity index (χ0v) is 18.7. The smallest absolute Gasteiger partial charge is 0.299 e. The molecule has 0 heterocycles. The van der Waals surface area contributed by atoms with Crippen molar-refractivity contribution >= 4 is 17.3 Å². The number of hydrogen-bond acceptors (Lipinski definition) is 3. The molecule has 0 radical (unpaired) electrons. The molecule has 1 aliphatic rings. The topological polar surface area (TPSA) is 51.2 Å². The minimum Gasteiger partial charge on any atom is -0.299 e. The van der Waals surface area contributed by atoms with Crippen molar-refractivity contribution in [3.8, 4) is 0 Å². The zero-order chi connectivity index (χ0) is 23.8. The van der Waals surface area contributed by atoms with E-state index in [1.165, 1.54) is 6.07 Å². The van der Waals surface area contributed by atoms with Crippen molar-refractivity contribution in [2.75, 3.05) is 0 Å². The Morgan fingerprint density at radius 1 is 1.06 bits per heavy atom. The number of hydrogen-bond donors (Lipinski definition) is 0. The Morgan fingerprint density at radius 3 is 2.28 bits per heavy atom. The number of rotatable bonds is 6. The van der Waals surface area contributed by atoms with Crippen molar-refractivity contribution < 1.29 is 27.6 Å². The van der Waals surface area contributed by atoms with Crippen LogP contribution in [0.4, 0.5) is 13.2 Å². The lowest BCUT2D eigenvalue weighted by Gasteiger charge is -2.19. The number of carbonyl (C=O) groups excluding carboxylic acids is 3. The first-order chi connectivity index (χ1) is 14.9. The molecule has 3 rings (SSSR count). The third kappa shape index (κ3) is 4.84. The van der Waals surface area contributed by atoms with Gasteiger partial charge >= 0.3 is 6.18 Å². The van der Waals surface area contributed by atoms with Gasteiger partial charge < -0.3 is 0 Å². The Labute approximate surface area is 186 Å². The summed E-state index contributed by atoms with van der Waals surface area (Å²) >= 11 is 0. The van der Waals surface area contributed by atoms with Crippen molar-refractivity contribution in [2.45, 2.75) is 59.1 Å². The van der Waals surface area contributed by atoms with Gasteiger partial charge in [-0.15, -0.1) is 0 Å². The van der Waals surface area contributed by atoms with Gasteiger partial charge in [0.25, 0.3) is 0 Å². The second kappa shape index (κ2) is 9.00. The van der Waals surface area contributed by atoms with Crippen LogP contribution in [0.2, 0.25) is 0 Å². The molecule has 6 heteroatoms. The third-order valence-corrected chi connectivity index (χ3v) is 6.45. The number of ketones is 3. The Kier molecular flexibility index (Phi) is 6.72. The second-order valence-electron chi connectivity index (χ2n) is 8.88. The molecule has 0 N–H and O–H groups in total. The van der Waals surface area contributed by atoms with Gasteiger partial charge in [-0.1, -0.05) is 42.8 Å². The maximum Gasteiger partial charge on any atom is 0.416 e. The molecule has 170 valence electrons. The van der Waals surface area contributed by atoms with E-state index in [0.717, 1.165) is 34.4 Å². The second-order valence-corrected chi connectivity index (χ2v) is 8.88. The zero-order valence-electron chi connectivity index (χ0n) is 18.7. The van der Waals surface area contributed by atoms with Crippen LogP contribution in [0.5, 0.6) is 0 Å². The van der Waals surface area contributed by atoms with Gasteiger partial charge in [-0.3, -0.25) is 14.4 Å². The largest absolute Gasteiger partial charge is 0.416 e. The summed E-state index contributed by atoms with van der Waals surface area (Å²) in [7, 11) is 0. The number of benzene rings is 2. The molecule has 0 aliphatic heterocycles. The molecule has 1 aliphatic carbocycles. The van der Waals surface area contributed by atoms with E-state index in [1.54, 1.807) is 13.0 Å². The first-order valence-electron chi connectivity index (χ1n) is 10.7. The van der Waals surface area contributed by atoms with Crippen LogP contribution in [-0.2, 0) is 27.0 Å². The number of Topliss-reactive ketones (excluding diaryl/α,β-unsaturated/α-hetero) is 3. The van der Waals surface area contributed by atoms with Crippen molar-refractivity contribution in [3.05, 3.63) is 69.8 Å². The first-order valence-corrected chi connectivity index (χ1v) is 10.7. The fourth-order valence-electron chi connectivity index (χ4n) is 4.80. The highest BCUT2D eigenvalue weighted by atomic mass is 19.4. The first kappa shape index (κ1) is 23.9. The van der Waals surface area contributed by atoms with Crippen LogP contribution in [-0.4, -0.2) is 17.3 Å². The summed E-state index contributed by atoms with van der Waals surface area (Å²) in [5.74, 6) is -2.82. The number of aryl methyl sites for hydroxylation is 4. The van der Waals surface area contributed by atoms with Gasteiger partial charge in [-0.25, -0.2) is 0 Å². The summed E-state index contributed by atoms with van der Waals surface area (Å²) < 4.78 is 38.7. The summed E-state index contributed by atoms with van der Waals surface area (Å²) in [5, 5.41) is 0. The molecule has 2 aromatic carbocycles. The maximum absolute atomic E-state index is 13.2. The van der Waals surface area contributed by atoms with Gasteiger partial charge in [0.1, 0.15) is 17.5 Å². The maximum atomic E-state index is 13.2. The van der Waals surface area contributed by atoms with Gasteiger partial charge in [0, 0.05) is 24.7 Å². The Hall–Kier alpha value is -2.76. The summed E-state index contributed by atoms with van der Waals surface area (Å²) in [6, 6.07) is 8.80. The van der Waals surface area contributed by atoms with Gasteiger partial charge in [0.15, 0.2) is 5.78 Å². The third-order valence-electron chi connectivity index (χ3n) is 6.45. The van der Waals surface area contributed by atoms with E-state index in [-0.39, 0.29) is 36.6 Å². The van der Waals surface area contributed by atoms with E-state index in [4.69, 9.17) is 0 Å². The number of halogens is 3. The van der Waals surface area contributed by atoms with Crippen LogP contribution in [0.3, 0.4) is 0 Å². The molecule has 1 fully saturated rings. The van der Waals surface area contributed by atoms with Gasteiger partial charge in [0.05, 0.1) is 5.56 Å². The lowest BCUT2D eigenvalue weighted by Crippen LogP contribution is -2.26. The minimum absolute atomic E-state index is 0.0206. The van der Waals surface area contributed by atoms with E-state index in [2.05, 4.69) is 0 Å².